The second-order valence-electron chi connectivity index (χ2n) is 5.88. The first-order valence-electron chi connectivity index (χ1n) is 8.00. The van der Waals surface area contributed by atoms with E-state index in [0.717, 1.165) is 5.52 Å². The molecule has 0 saturated carbocycles. The zero-order chi connectivity index (χ0) is 18.7. The van der Waals surface area contributed by atoms with Crippen molar-refractivity contribution in [2.45, 2.75) is 12.1 Å². The lowest BCUT2D eigenvalue weighted by molar-refractivity contribution is -0.119. The summed E-state index contributed by atoms with van der Waals surface area (Å²) < 4.78 is 0. The average Bonchev–Trinajstić information content (AvgIpc) is 3.09. The minimum absolute atomic E-state index is 0.0278. The molecule has 0 aliphatic carbocycles. The lowest BCUT2D eigenvalue weighted by atomic mass is 10.0. The van der Waals surface area contributed by atoms with Crippen LogP contribution in [0, 0.1) is 0 Å². The second kappa shape index (κ2) is 7.38. The van der Waals surface area contributed by atoms with E-state index < -0.39 is 30.4 Å². The summed E-state index contributed by atoms with van der Waals surface area (Å²) in [6.07, 6.45) is 0.219. The van der Waals surface area contributed by atoms with E-state index in [2.05, 4.69) is 10.3 Å². The first kappa shape index (κ1) is 17.7. The van der Waals surface area contributed by atoms with Gasteiger partial charge in [0.1, 0.15) is 11.9 Å². The van der Waals surface area contributed by atoms with Gasteiger partial charge in [0, 0.05) is 17.1 Å². The van der Waals surface area contributed by atoms with Gasteiger partial charge in [-0.25, -0.2) is 0 Å². The molecule has 1 amide bonds. The van der Waals surface area contributed by atoms with Gasteiger partial charge in [0.2, 0.25) is 0 Å². The number of carbonyl (C=O) groups excluding carboxylic acids is 2. The summed E-state index contributed by atoms with van der Waals surface area (Å²) in [6.45, 7) is -0.561. The van der Waals surface area contributed by atoms with Gasteiger partial charge < -0.3 is 25.6 Å². The number of ketones is 1. The number of nitrogens with one attached hydrogen (secondary N) is 2. The van der Waals surface area contributed by atoms with Crippen LogP contribution in [-0.2, 0) is 4.79 Å². The van der Waals surface area contributed by atoms with Crippen LogP contribution in [0.3, 0.4) is 0 Å². The lowest BCUT2D eigenvalue weighted by Gasteiger charge is -2.22. The van der Waals surface area contributed by atoms with E-state index in [1.54, 1.807) is 18.2 Å². The number of H-pyrrole nitrogens is 1. The molecule has 2 atom stereocenters. The molecule has 0 unspecified atom stereocenters. The Hall–Kier alpha value is -3.16. The van der Waals surface area contributed by atoms with Gasteiger partial charge in [-0.3, -0.25) is 9.59 Å². The van der Waals surface area contributed by atoms with E-state index in [9.17, 15) is 24.9 Å². The third kappa shape index (κ3) is 3.44. The van der Waals surface area contributed by atoms with Crippen molar-refractivity contribution in [3.8, 4) is 5.75 Å². The van der Waals surface area contributed by atoms with E-state index >= 15 is 0 Å². The Morgan fingerprint density at radius 3 is 2.46 bits per heavy atom. The number of aromatic hydroxyl groups is 1. The molecular formula is C19H18N2O5. The van der Waals surface area contributed by atoms with Gasteiger partial charge in [-0.15, -0.1) is 0 Å². The summed E-state index contributed by atoms with van der Waals surface area (Å²) in [4.78, 5) is 27.7. The molecule has 0 aliphatic rings. The number of fused-ring (bicyclic) bond motifs is 1. The van der Waals surface area contributed by atoms with Gasteiger partial charge in [0.05, 0.1) is 18.2 Å². The molecule has 0 aliphatic heterocycles. The van der Waals surface area contributed by atoms with Gasteiger partial charge >= 0.3 is 0 Å². The largest absolute Gasteiger partial charge is 0.508 e. The maximum atomic E-state index is 12.4. The number of hydrogen-bond donors (Lipinski definition) is 5. The van der Waals surface area contributed by atoms with Crippen LogP contribution in [0.1, 0.15) is 22.0 Å². The zero-order valence-electron chi connectivity index (χ0n) is 13.7. The molecule has 0 radical (unpaired) electrons. The molecule has 3 aromatic rings. The van der Waals surface area contributed by atoms with E-state index in [4.69, 9.17) is 0 Å². The molecule has 2 aromatic carbocycles. The van der Waals surface area contributed by atoms with Crippen molar-refractivity contribution in [1.29, 1.82) is 0 Å². The van der Waals surface area contributed by atoms with Crippen LogP contribution in [0.15, 0.2) is 54.7 Å². The molecule has 0 fully saturated rings. The van der Waals surface area contributed by atoms with Gasteiger partial charge in [-0.1, -0.05) is 30.3 Å². The third-order valence-corrected chi connectivity index (χ3v) is 4.17. The van der Waals surface area contributed by atoms with Gasteiger partial charge in [-0.2, -0.15) is 0 Å². The minimum Gasteiger partial charge on any atom is -0.508 e. The minimum atomic E-state index is -1.24. The number of rotatable bonds is 6. The highest BCUT2D eigenvalue weighted by atomic mass is 16.3. The summed E-state index contributed by atoms with van der Waals surface area (Å²) in [5, 5.41) is 32.1. The molecule has 1 heterocycles. The van der Waals surface area contributed by atoms with Gasteiger partial charge in [-0.05, 0) is 23.8 Å². The molecular weight excluding hydrogens is 336 g/mol. The van der Waals surface area contributed by atoms with E-state index in [0.29, 0.717) is 10.9 Å². The van der Waals surface area contributed by atoms with Crippen LogP contribution in [0.4, 0.5) is 0 Å². The van der Waals surface area contributed by atoms with Crippen molar-refractivity contribution in [2.75, 3.05) is 6.61 Å². The summed E-state index contributed by atoms with van der Waals surface area (Å²) >= 11 is 0. The Morgan fingerprint density at radius 1 is 1.08 bits per heavy atom. The number of carbonyl (C=O) groups is 2. The number of phenolic OH excluding ortho intramolecular Hbond substituents is 1. The second-order valence-corrected chi connectivity index (χ2v) is 5.88. The number of aliphatic hydroxyl groups excluding tert-OH is 2. The smallest absolute Gasteiger partial charge is 0.292 e. The Labute approximate surface area is 148 Å². The number of para-hydroxylation sites is 1. The van der Waals surface area contributed by atoms with Gasteiger partial charge in [0.25, 0.3) is 11.7 Å². The van der Waals surface area contributed by atoms with Crippen molar-refractivity contribution in [3.63, 3.8) is 0 Å². The van der Waals surface area contributed by atoms with Crippen molar-refractivity contribution in [2.24, 2.45) is 0 Å². The van der Waals surface area contributed by atoms with E-state index in [1.807, 2.05) is 6.07 Å². The number of benzene rings is 2. The maximum absolute atomic E-state index is 12.4. The lowest BCUT2D eigenvalue weighted by Crippen LogP contribution is -2.44. The number of Topliss-reactive ketones (excluding diaryl/α,β-unsaturated/α-hetero) is 1. The number of aromatic amines is 1. The molecule has 3 rings (SSSR count). The highest BCUT2D eigenvalue weighted by Gasteiger charge is 2.27. The topological polar surface area (TPSA) is 123 Å². The van der Waals surface area contributed by atoms with Crippen LogP contribution < -0.4 is 5.32 Å². The summed E-state index contributed by atoms with van der Waals surface area (Å²) in [5.74, 6) is -1.66. The predicted molar refractivity (Wildman–Crippen MR) is 94.7 cm³/mol. The van der Waals surface area contributed by atoms with Crippen LogP contribution in [0.2, 0.25) is 0 Å². The fraction of sp³-hybridized carbons (Fsp3) is 0.158. The molecule has 0 bridgehead atoms. The van der Waals surface area contributed by atoms with Crippen LogP contribution in [0.25, 0.3) is 10.9 Å². The Morgan fingerprint density at radius 2 is 1.77 bits per heavy atom. The normalized spacial score (nSPS) is 13.3. The number of aromatic nitrogens is 1. The van der Waals surface area contributed by atoms with Crippen molar-refractivity contribution < 1.29 is 24.9 Å². The number of phenols is 1. The molecule has 134 valence electrons. The average molecular weight is 354 g/mol. The quantitative estimate of drug-likeness (QED) is 0.337. The fourth-order valence-corrected chi connectivity index (χ4v) is 2.74. The molecule has 0 spiro atoms. The van der Waals surface area contributed by atoms with Crippen molar-refractivity contribution >= 4 is 22.6 Å². The van der Waals surface area contributed by atoms with E-state index in [-0.39, 0.29) is 11.3 Å². The van der Waals surface area contributed by atoms with Crippen molar-refractivity contribution in [3.05, 3.63) is 65.9 Å². The summed E-state index contributed by atoms with van der Waals surface area (Å²) in [6, 6.07) is 11.7. The molecule has 26 heavy (non-hydrogen) atoms. The third-order valence-electron chi connectivity index (χ3n) is 4.17. The summed E-state index contributed by atoms with van der Waals surface area (Å²) in [7, 11) is 0. The SMILES string of the molecule is O=C(N[C@H](CO)[C@H](O)c1ccc(O)cc1)C(=O)c1c[nH]c2ccccc12. The van der Waals surface area contributed by atoms with Crippen LogP contribution in [0.5, 0.6) is 5.75 Å². The molecule has 1 aromatic heterocycles. The Bertz CT molecular complexity index is 933. The van der Waals surface area contributed by atoms with Crippen LogP contribution >= 0.6 is 0 Å². The predicted octanol–water partition coefficient (Wildman–Crippen LogP) is 1.27. The first-order chi connectivity index (χ1) is 12.5. The molecule has 7 heteroatoms. The first-order valence-corrected chi connectivity index (χ1v) is 8.00. The van der Waals surface area contributed by atoms with Crippen molar-refractivity contribution in [1.82, 2.24) is 10.3 Å². The monoisotopic (exact) mass is 354 g/mol. The Kier molecular flexibility index (Phi) is 5.01. The molecule has 0 saturated heterocycles. The van der Waals surface area contributed by atoms with Gasteiger partial charge in [0.15, 0.2) is 0 Å². The zero-order valence-corrected chi connectivity index (χ0v) is 13.7. The maximum Gasteiger partial charge on any atom is 0.292 e. The number of hydrogen-bond acceptors (Lipinski definition) is 5. The molecule has 5 N–H and O–H groups in total. The summed E-state index contributed by atoms with van der Waals surface area (Å²) in [5.41, 5.74) is 1.34. The fourth-order valence-electron chi connectivity index (χ4n) is 2.74. The number of aliphatic hydroxyl groups is 2. The molecule has 7 nitrogen and oxygen atoms in total. The highest BCUT2D eigenvalue weighted by molar-refractivity contribution is 6.45. The highest BCUT2D eigenvalue weighted by Crippen LogP contribution is 2.21. The van der Waals surface area contributed by atoms with Crippen LogP contribution in [-0.4, -0.2) is 44.6 Å². The van der Waals surface area contributed by atoms with E-state index in [1.165, 1.54) is 30.5 Å². The Balaban J connectivity index is 1.76. The number of amides is 1. The standard InChI is InChI=1S/C19H18N2O5/c22-10-16(17(24)11-5-7-12(23)8-6-11)21-19(26)18(25)14-9-20-15-4-2-1-3-13(14)15/h1-9,16-17,20,22-24H,10H2,(H,21,26)/t16-,17-/m1/s1.